The van der Waals surface area contributed by atoms with E-state index in [4.69, 9.17) is 4.74 Å². The average Bonchev–Trinajstić information content (AvgIpc) is 2.83. The average molecular weight is 365 g/mol. The smallest absolute Gasteiger partial charge is 0.317 e. The molecule has 1 fully saturated rings. The van der Waals surface area contributed by atoms with Crippen molar-refractivity contribution in [2.45, 2.75) is 38.6 Å². The van der Waals surface area contributed by atoms with Gasteiger partial charge in [-0.3, -0.25) is 4.79 Å². The Labute approximate surface area is 154 Å². The molecule has 1 aliphatic rings. The summed E-state index contributed by atoms with van der Waals surface area (Å²) in [7, 11) is 3.08. The second-order valence-corrected chi connectivity index (χ2v) is 6.60. The zero-order valence-corrected chi connectivity index (χ0v) is 15.6. The van der Waals surface area contributed by atoms with E-state index in [-0.39, 0.29) is 17.7 Å². The number of hydrogen-bond acceptors (Lipinski definition) is 3. The first-order chi connectivity index (χ1) is 12.5. The maximum Gasteiger partial charge on any atom is 0.317 e. The maximum absolute atomic E-state index is 13.7. The standard InChI is InChI=1S/C19H28FN3O3/c1-22(14-15-8-9-17(26-2)16(20)13-15)19(25)21-10-6-12-23-11-5-3-4-7-18(23)24/h8-9,13H,3-7,10-12,14H2,1-2H3,(H,21,25). The minimum absolute atomic E-state index is 0.184. The lowest BCUT2D eigenvalue weighted by molar-refractivity contribution is -0.130. The Balaban J connectivity index is 1.71. The summed E-state index contributed by atoms with van der Waals surface area (Å²) < 4.78 is 18.6. The van der Waals surface area contributed by atoms with Crippen molar-refractivity contribution in [3.8, 4) is 5.75 Å². The summed E-state index contributed by atoms with van der Waals surface area (Å²) in [6, 6.07) is 4.43. The summed E-state index contributed by atoms with van der Waals surface area (Å²) in [5.74, 6) is -0.0442. The third-order valence-electron chi connectivity index (χ3n) is 4.54. The Hall–Kier alpha value is -2.31. The van der Waals surface area contributed by atoms with Crippen LogP contribution in [0.4, 0.5) is 9.18 Å². The van der Waals surface area contributed by atoms with Crippen LogP contribution in [0.5, 0.6) is 5.75 Å². The summed E-state index contributed by atoms with van der Waals surface area (Å²) in [6.45, 7) is 2.30. The molecule has 0 atom stereocenters. The van der Waals surface area contributed by atoms with Crippen LogP contribution < -0.4 is 10.1 Å². The Bertz CT molecular complexity index is 624. The van der Waals surface area contributed by atoms with Gasteiger partial charge in [-0.2, -0.15) is 0 Å². The normalized spacial score (nSPS) is 14.7. The number of nitrogens with zero attached hydrogens (tertiary/aromatic N) is 2. The van der Waals surface area contributed by atoms with Crippen molar-refractivity contribution in [2.75, 3.05) is 33.8 Å². The predicted molar refractivity (Wildman–Crippen MR) is 97.5 cm³/mol. The summed E-state index contributed by atoms with van der Waals surface area (Å²) in [5.41, 5.74) is 0.691. The van der Waals surface area contributed by atoms with Crippen LogP contribution in [0.25, 0.3) is 0 Å². The van der Waals surface area contributed by atoms with Gasteiger partial charge in [0.25, 0.3) is 0 Å². The first-order valence-corrected chi connectivity index (χ1v) is 9.10. The molecule has 0 aliphatic carbocycles. The lowest BCUT2D eigenvalue weighted by Crippen LogP contribution is -2.39. The fourth-order valence-electron chi connectivity index (χ4n) is 3.03. The summed E-state index contributed by atoms with van der Waals surface area (Å²) in [6.07, 6.45) is 4.49. The van der Waals surface area contributed by atoms with E-state index in [2.05, 4.69) is 5.32 Å². The van der Waals surface area contributed by atoms with Gasteiger partial charge in [-0.05, 0) is 37.0 Å². The number of methoxy groups -OCH3 is 1. The van der Waals surface area contributed by atoms with Crippen molar-refractivity contribution in [3.63, 3.8) is 0 Å². The molecule has 3 amide bonds. The molecule has 144 valence electrons. The third kappa shape index (κ3) is 5.89. The Kier molecular flexibility index (Phi) is 7.69. The fourth-order valence-corrected chi connectivity index (χ4v) is 3.03. The van der Waals surface area contributed by atoms with Gasteiger partial charge in [0.15, 0.2) is 11.6 Å². The number of ether oxygens (including phenoxy) is 1. The van der Waals surface area contributed by atoms with Gasteiger partial charge in [0.2, 0.25) is 5.91 Å². The van der Waals surface area contributed by atoms with E-state index >= 15 is 0 Å². The van der Waals surface area contributed by atoms with Gasteiger partial charge >= 0.3 is 6.03 Å². The van der Waals surface area contributed by atoms with Gasteiger partial charge in [0, 0.05) is 39.6 Å². The van der Waals surface area contributed by atoms with Gasteiger partial charge in [-0.1, -0.05) is 12.5 Å². The maximum atomic E-state index is 13.7. The number of benzene rings is 1. The van der Waals surface area contributed by atoms with E-state index in [0.29, 0.717) is 31.6 Å². The number of halogens is 1. The molecule has 1 saturated heterocycles. The number of nitrogens with one attached hydrogen (secondary N) is 1. The molecule has 7 heteroatoms. The highest BCUT2D eigenvalue weighted by Gasteiger charge is 2.16. The van der Waals surface area contributed by atoms with E-state index in [9.17, 15) is 14.0 Å². The van der Waals surface area contributed by atoms with E-state index in [0.717, 1.165) is 32.2 Å². The lowest BCUT2D eigenvalue weighted by atomic mass is 10.2. The minimum Gasteiger partial charge on any atom is -0.494 e. The summed E-state index contributed by atoms with van der Waals surface area (Å²) in [5, 5.41) is 2.84. The zero-order valence-electron chi connectivity index (χ0n) is 15.6. The van der Waals surface area contributed by atoms with E-state index < -0.39 is 5.82 Å². The second kappa shape index (κ2) is 9.99. The Morgan fingerprint density at radius 1 is 1.35 bits per heavy atom. The lowest BCUT2D eigenvalue weighted by Gasteiger charge is -2.21. The van der Waals surface area contributed by atoms with Crippen molar-refractivity contribution in [3.05, 3.63) is 29.6 Å². The SMILES string of the molecule is COc1ccc(CN(C)C(=O)NCCCN2CCCCCC2=O)cc1F. The molecule has 0 bridgehead atoms. The van der Waals surface area contributed by atoms with Crippen molar-refractivity contribution in [1.29, 1.82) is 0 Å². The quantitative estimate of drug-likeness (QED) is 0.756. The topological polar surface area (TPSA) is 61.9 Å². The van der Waals surface area contributed by atoms with Crippen LogP contribution in [0.1, 0.15) is 37.7 Å². The Morgan fingerprint density at radius 3 is 2.88 bits per heavy atom. The van der Waals surface area contributed by atoms with Crippen molar-refractivity contribution in [2.24, 2.45) is 0 Å². The van der Waals surface area contributed by atoms with Gasteiger partial charge in [0.05, 0.1) is 7.11 Å². The minimum atomic E-state index is -0.444. The molecule has 0 radical (unpaired) electrons. The third-order valence-corrected chi connectivity index (χ3v) is 4.54. The van der Waals surface area contributed by atoms with Gasteiger partial charge < -0.3 is 19.9 Å². The molecular weight excluding hydrogens is 337 g/mol. The molecule has 1 aromatic rings. The molecule has 0 aromatic heterocycles. The molecule has 1 aliphatic heterocycles. The number of amides is 3. The molecular formula is C19H28FN3O3. The molecule has 1 aromatic carbocycles. The molecule has 2 rings (SSSR count). The van der Waals surface area contributed by atoms with E-state index in [1.165, 1.54) is 18.1 Å². The monoisotopic (exact) mass is 365 g/mol. The first-order valence-electron chi connectivity index (χ1n) is 9.10. The van der Waals surface area contributed by atoms with Crippen LogP contribution in [0.3, 0.4) is 0 Å². The molecule has 0 unspecified atom stereocenters. The van der Waals surface area contributed by atoms with Gasteiger partial charge in [-0.15, -0.1) is 0 Å². The number of hydrogen-bond donors (Lipinski definition) is 1. The number of likely N-dealkylation sites (tertiary alicyclic amines) is 1. The van der Waals surface area contributed by atoms with E-state index in [1.807, 2.05) is 4.90 Å². The van der Waals surface area contributed by atoms with Crippen LogP contribution in [0.2, 0.25) is 0 Å². The van der Waals surface area contributed by atoms with Crippen molar-refractivity contribution >= 4 is 11.9 Å². The molecule has 0 saturated carbocycles. The predicted octanol–water partition coefficient (Wildman–Crippen LogP) is 2.77. The molecule has 1 heterocycles. The Morgan fingerprint density at radius 2 is 2.15 bits per heavy atom. The highest BCUT2D eigenvalue weighted by atomic mass is 19.1. The number of urea groups is 1. The van der Waals surface area contributed by atoms with Crippen LogP contribution in [-0.2, 0) is 11.3 Å². The van der Waals surface area contributed by atoms with E-state index in [1.54, 1.807) is 19.2 Å². The van der Waals surface area contributed by atoms with Gasteiger partial charge in [0.1, 0.15) is 0 Å². The molecule has 0 spiro atoms. The highest BCUT2D eigenvalue weighted by Crippen LogP contribution is 2.18. The largest absolute Gasteiger partial charge is 0.494 e. The highest BCUT2D eigenvalue weighted by molar-refractivity contribution is 5.76. The number of carbonyl (C=O) groups excluding carboxylic acids is 2. The number of rotatable bonds is 7. The van der Waals surface area contributed by atoms with Crippen molar-refractivity contribution < 1.29 is 18.7 Å². The zero-order chi connectivity index (χ0) is 18.9. The van der Waals surface area contributed by atoms with Crippen molar-refractivity contribution in [1.82, 2.24) is 15.1 Å². The summed E-state index contributed by atoms with van der Waals surface area (Å²) in [4.78, 5) is 27.4. The summed E-state index contributed by atoms with van der Waals surface area (Å²) >= 11 is 0. The molecule has 6 nitrogen and oxygen atoms in total. The first kappa shape index (κ1) is 20.0. The second-order valence-electron chi connectivity index (χ2n) is 6.60. The number of carbonyl (C=O) groups is 2. The van der Waals surface area contributed by atoms with Gasteiger partial charge in [-0.25, -0.2) is 9.18 Å². The molecule has 26 heavy (non-hydrogen) atoms. The van der Waals surface area contributed by atoms with Crippen LogP contribution in [0.15, 0.2) is 18.2 Å². The van der Waals surface area contributed by atoms with Crippen LogP contribution in [0, 0.1) is 5.82 Å². The molecule has 1 N–H and O–H groups in total. The van der Waals surface area contributed by atoms with Crippen LogP contribution >= 0.6 is 0 Å². The van der Waals surface area contributed by atoms with Crippen LogP contribution in [-0.4, -0.2) is 55.5 Å². The fraction of sp³-hybridized carbons (Fsp3) is 0.579.